The van der Waals surface area contributed by atoms with Crippen molar-refractivity contribution >= 4 is 15.1 Å². The minimum absolute atomic E-state index is 0.184. The third-order valence-electron chi connectivity index (χ3n) is 3.02. The van der Waals surface area contributed by atoms with Gasteiger partial charge in [-0.15, -0.1) is 0 Å². The van der Waals surface area contributed by atoms with Gasteiger partial charge in [-0.1, -0.05) is 51.9 Å². The van der Waals surface area contributed by atoms with Crippen LogP contribution in [0.4, 0.5) is 0 Å². The number of hydrogen-bond acceptors (Lipinski definition) is 3. The van der Waals surface area contributed by atoms with Crippen LogP contribution < -0.4 is 0 Å². The molecule has 0 heterocycles. The minimum atomic E-state index is -1.92. The molecule has 0 atom stereocenters. The van der Waals surface area contributed by atoms with E-state index in [9.17, 15) is 0 Å². The quantitative estimate of drug-likeness (QED) is 0.334. The summed E-state index contributed by atoms with van der Waals surface area (Å²) in [6, 6.07) is 0. The normalized spacial score (nSPS) is 11.6. The fourth-order valence-corrected chi connectivity index (χ4v) is 3.44. The summed E-state index contributed by atoms with van der Waals surface area (Å²) in [5, 5.41) is 0. The van der Waals surface area contributed by atoms with Gasteiger partial charge in [0.25, 0.3) is 0 Å². The Labute approximate surface area is 131 Å². The Bertz CT molecular complexity index is 188. The van der Waals surface area contributed by atoms with E-state index in [-0.39, 0.29) is 12.2 Å². The minimum Gasteiger partial charge on any atom is -0.454 e. The number of unbranched alkanes of at least 4 members (excludes halogenated alkanes) is 7. The first-order chi connectivity index (χ1) is 9.56. The van der Waals surface area contributed by atoms with Crippen molar-refractivity contribution in [3.8, 4) is 0 Å². The maximum absolute atomic E-state index is 5.80. The van der Waals surface area contributed by atoms with Crippen LogP contribution >= 0.6 is 0 Å². The van der Waals surface area contributed by atoms with Gasteiger partial charge in [0, 0.05) is 18.8 Å². The molecule has 20 heavy (non-hydrogen) atoms. The van der Waals surface area contributed by atoms with Gasteiger partial charge in [-0.05, 0) is 34.1 Å². The summed E-state index contributed by atoms with van der Waals surface area (Å²) in [4.78, 5) is 0. The predicted molar refractivity (Wildman–Crippen MR) is 86.8 cm³/mol. The Kier molecular flexibility index (Phi) is 14.6. The van der Waals surface area contributed by atoms with Crippen molar-refractivity contribution in [2.24, 2.45) is 0 Å². The second kappa shape index (κ2) is 14.4. The SMILES string of the molecule is CCCCCCCCCC[O][Al]([O]C(C)C)[O]C(C)C. The fraction of sp³-hybridized carbons (Fsp3) is 1.00. The fourth-order valence-electron chi connectivity index (χ4n) is 1.97. The van der Waals surface area contributed by atoms with Crippen LogP contribution in [0.2, 0.25) is 0 Å². The molecule has 0 rings (SSSR count). The molecule has 0 aromatic heterocycles. The molecule has 0 saturated heterocycles. The summed E-state index contributed by atoms with van der Waals surface area (Å²) in [5.74, 6) is 0. The molecule has 0 fully saturated rings. The van der Waals surface area contributed by atoms with Crippen LogP contribution in [0.1, 0.15) is 86.0 Å². The van der Waals surface area contributed by atoms with Crippen molar-refractivity contribution in [3.05, 3.63) is 0 Å². The van der Waals surface area contributed by atoms with Gasteiger partial charge in [-0.25, -0.2) is 0 Å². The molecule has 0 unspecified atom stereocenters. The van der Waals surface area contributed by atoms with E-state index in [0.717, 1.165) is 13.0 Å². The molecule has 0 N–H and O–H groups in total. The van der Waals surface area contributed by atoms with E-state index in [1.54, 1.807) is 0 Å². The summed E-state index contributed by atoms with van der Waals surface area (Å²) >= 11 is -1.92. The van der Waals surface area contributed by atoms with Gasteiger partial charge in [-0.2, -0.15) is 0 Å². The first-order valence-corrected chi connectivity index (χ1v) is 9.90. The van der Waals surface area contributed by atoms with E-state index in [2.05, 4.69) is 6.92 Å². The van der Waals surface area contributed by atoms with Gasteiger partial charge >= 0.3 is 15.1 Å². The number of hydrogen-bond donors (Lipinski definition) is 0. The van der Waals surface area contributed by atoms with Crippen molar-refractivity contribution in [1.29, 1.82) is 0 Å². The molecule has 0 amide bonds. The molecule has 0 bridgehead atoms. The molecule has 0 aromatic rings. The van der Waals surface area contributed by atoms with E-state index in [4.69, 9.17) is 11.4 Å². The molecule has 120 valence electrons. The van der Waals surface area contributed by atoms with Gasteiger partial charge in [0.05, 0.1) is 0 Å². The Morgan fingerprint density at radius 3 is 1.60 bits per heavy atom. The molecular formula is C16H35AlO3. The Morgan fingerprint density at radius 2 is 1.15 bits per heavy atom. The summed E-state index contributed by atoms with van der Waals surface area (Å²) in [6.07, 6.45) is 10.9. The van der Waals surface area contributed by atoms with E-state index in [1.165, 1.54) is 44.9 Å². The van der Waals surface area contributed by atoms with Crippen LogP contribution in [0.3, 0.4) is 0 Å². The van der Waals surface area contributed by atoms with Gasteiger partial charge in [0.1, 0.15) is 0 Å². The highest BCUT2D eigenvalue weighted by Gasteiger charge is 2.33. The molecule has 0 aliphatic carbocycles. The third-order valence-corrected chi connectivity index (χ3v) is 5.06. The highest BCUT2D eigenvalue weighted by Crippen LogP contribution is 2.09. The van der Waals surface area contributed by atoms with E-state index in [0.29, 0.717) is 0 Å². The van der Waals surface area contributed by atoms with E-state index in [1.807, 2.05) is 27.7 Å². The standard InChI is InChI=1S/C10H21O.2C3H7O.Al/c1-2-3-4-5-6-7-8-9-10-11;2*1-3(2)4;/h2-10H2,1H3;2*3H,1-2H3;/q3*-1;+3. The summed E-state index contributed by atoms with van der Waals surface area (Å²) in [6.45, 7) is 11.2. The molecule has 0 aliphatic rings. The van der Waals surface area contributed by atoms with Gasteiger partial charge in [0.15, 0.2) is 0 Å². The summed E-state index contributed by atoms with van der Waals surface area (Å²) in [5.41, 5.74) is 0. The molecule has 0 spiro atoms. The molecule has 0 aliphatic heterocycles. The van der Waals surface area contributed by atoms with Crippen molar-refractivity contribution in [2.75, 3.05) is 6.61 Å². The second-order valence-corrected chi connectivity index (χ2v) is 7.46. The molecule has 0 radical (unpaired) electrons. The zero-order valence-electron chi connectivity index (χ0n) is 14.3. The highest BCUT2D eigenvalue weighted by molar-refractivity contribution is 6.36. The highest BCUT2D eigenvalue weighted by atomic mass is 27.3. The smallest absolute Gasteiger partial charge is 0.454 e. The largest absolute Gasteiger partial charge is 0.905 e. The average molecular weight is 302 g/mol. The van der Waals surface area contributed by atoms with Gasteiger partial charge in [0.2, 0.25) is 0 Å². The van der Waals surface area contributed by atoms with Crippen LogP contribution in [0.5, 0.6) is 0 Å². The van der Waals surface area contributed by atoms with Crippen molar-refractivity contribution < 1.29 is 11.4 Å². The maximum atomic E-state index is 5.80. The topological polar surface area (TPSA) is 27.7 Å². The molecular weight excluding hydrogens is 267 g/mol. The summed E-state index contributed by atoms with van der Waals surface area (Å²) < 4.78 is 17.3. The lowest BCUT2D eigenvalue weighted by Gasteiger charge is -2.18. The van der Waals surface area contributed by atoms with Crippen LogP contribution in [-0.2, 0) is 11.4 Å². The predicted octanol–water partition coefficient (Wildman–Crippen LogP) is 4.98. The van der Waals surface area contributed by atoms with Gasteiger partial charge < -0.3 is 11.4 Å². The Balaban J connectivity index is 3.48. The van der Waals surface area contributed by atoms with Crippen molar-refractivity contribution in [2.45, 2.75) is 98.2 Å². The first-order valence-electron chi connectivity index (χ1n) is 8.48. The Morgan fingerprint density at radius 1 is 0.700 bits per heavy atom. The molecule has 0 aromatic carbocycles. The first kappa shape index (κ1) is 20.4. The molecule has 4 heteroatoms. The molecule has 3 nitrogen and oxygen atoms in total. The summed E-state index contributed by atoms with van der Waals surface area (Å²) in [7, 11) is 0. The van der Waals surface area contributed by atoms with Crippen LogP contribution in [0.25, 0.3) is 0 Å². The van der Waals surface area contributed by atoms with E-state index >= 15 is 0 Å². The Hall–Kier alpha value is 0.412. The van der Waals surface area contributed by atoms with Crippen LogP contribution in [0.15, 0.2) is 0 Å². The lowest BCUT2D eigenvalue weighted by molar-refractivity contribution is 0.0494. The van der Waals surface area contributed by atoms with E-state index < -0.39 is 15.1 Å². The zero-order valence-corrected chi connectivity index (χ0v) is 15.5. The lowest BCUT2D eigenvalue weighted by Crippen LogP contribution is -2.33. The van der Waals surface area contributed by atoms with Crippen molar-refractivity contribution in [3.63, 3.8) is 0 Å². The molecule has 0 saturated carbocycles. The maximum Gasteiger partial charge on any atom is 0.905 e. The zero-order chi connectivity index (χ0) is 15.2. The third kappa shape index (κ3) is 14.8. The lowest BCUT2D eigenvalue weighted by atomic mass is 10.1. The van der Waals surface area contributed by atoms with Crippen LogP contribution in [0, 0.1) is 0 Å². The second-order valence-electron chi connectivity index (χ2n) is 6.00. The average Bonchev–Trinajstić information content (AvgIpc) is 2.35. The van der Waals surface area contributed by atoms with Crippen molar-refractivity contribution in [1.82, 2.24) is 0 Å². The monoisotopic (exact) mass is 302 g/mol. The number of rotatable bonds is 14. The van der Waals surface area contributed by atoms with Crippen LogP contribution in [-0.4, -0.2) is 34.0 Å². The van der Waals surface area contributed by atoms with Gasteiger partial charge in [-0.3, -0.25) is 0 Å².